The molecule has 0 saturated carbocycles. The standard InChI is InChI=1S/C12H8F3N3OS/c1-17-6-10(19)18(11(17)20)8-3-2-7(5-16)9(4-8)12(13,14)15/h2-4H,6H2,1H3. The molecular formula is C12H8F3N3OS. The van der Waals surface area contributed by atoms with E-state index >= 15 is 0 Å². The molecule has 0 atom stereocenters. The van der Waals surface area contributed by atoms with E-state index in [-0.39, 0.29) is 17.3 Å². The monoisotopic (exact) mass is 299 g/mol. The maximum absolute atomic E-state index is 12.9. The van der Waals surface area contributed by atoms with Gasteiger partial charge >= 0.3 is 6.18 Å². The lowest BCUT2D eigenvalue weighted by molar-refractivity contribution is -0.137. The number of nitriles is 1. The Labute approximate surface area is 118 Å². The summed E-state index contributed by atoms with van der Waals surface area (Å²) in [5.74, 6) is -0.407. The molecule has 1 aliphatic rings. The normalized spacial score (nSPS) is 15.8. The summed E-state index contributed by atoms with van der Waals surface area (Å²) in [6, 6.07) is 4.56. The van der Waals surface area contributed by atoms with Crippen molar-refractivity contribution in [1.29, 1.82) is 5.26 Å². The predicted octanol–water partition coefficient (Wildman–Crippen LogP) is 2.14. The highest BCUT2D eigenvalue weighted by atomic mass is 32.1. The van der Waals surface area contributed by atoms with Crippen LogP contribution < -0.4 is 4.90 Å². The zero-order valence-corrected chi connectivity index (χ0v) is 11.0. The Bertz CT molecular complexity index is 636. The number of likely N-dealkylation sites (N-methyl/N-ethyl adjacent to an activating group) is 1. The number of carbonyl (C=O) groups is 1. The zero-order chi connectivity index (χ0) is 15.1. The molecule has 104 valence electrons. The molecule has 1 amide bonds. The van der Waals surface area contributed by atoms with Crippen molar-refractivity contribution < 1.29 is 18.0 Å². The van der Waals surface area contributed by atoms with Gasteiger partial charge in [-0.05, 0) is 30.4 Å². The van der Waals surface area contributed by atoms with Crippen LogP contribution in [0.3, 0.4) is 0 Å². The Morgan fingerprint density at radius 2 is 2.05 bits per heavy atom. The highest BCUT2D eigenvalue weighted by Gasteiger charge is 2.37. The van der Waals surface area contributed by atoms with Crippen molar-refractivity contribution in [3.8, 4) is 6.07 Å². The molecule has 0 aromatic heterocycles. The third kappa shape index (κ3) is 2.32. The second kappa shape index (κ2) is 4.76. The highest BCUT2D eigenvalue weighted by Crippen LogP contribution is 2.35. The Morgan fingerprint density at radius 3 is 2.50 bits per heavy atom. The van der Waals surface area contributed by atoms with Crippen LogP contribution >= 0.6 is 12.2 Å². The fourth-order valence-electron chi connectivity index (χ4n) is 1.88. The summed E-state index contributed by atoms with van der Waals surface area (Å²) < 4.78 is 38.6. The molecule has 1 aromatic carbocycles. The maximum Gasteiger partial charge on any atom is 0.417 e. The number of halogens is 3. The Hall–Kier alpha value is -2.14. The summed E-state index contributed by atoms with van der Waals surface area (Å²) in [5.41, 5.74) is -1.56. The summed E-state index contributed by atoms with van der Waals surface area (Å²) in [6.45, 7) is 0.0141. The number of benzene rings is 1. The molecule has 1 aliphatic heterocycles. The number of nitrogens with zero attached hydrogens (tertiary/aromatic N) is 3. The number of amides is 1. The van der Waals surface area contributed by atoms with Crippen LogP contribution in [0.25, 0.3) is 0 Å². The van der Waals surface area contributed by atoms with E-state index in [9.17, 15) is 18.0 Å². The molecule has 8 heteroatoms. The van der Waals surface area contributed by atoms with Crippen molar-refractivity contribution in [3.05, 3.63) is 29.3 Å². The van der Waals surface area contributed by atoms with Crippen molar-refractivity contribution in [1.82, 2.24) is 4.90 Å². The van der Waals surface area contributed by atoms with Crippen LogP contribution in [0.15, 0.2) is 18.2 Å². The molecule has 0 unspecified atom stereocenters. The van der Waals surface area contributed by atoms with Gasteiger partial charge in [0, 0.05) is 7.05 Å². The molecule has 0 N–H and O–H groups in total. The van der Waals surface area contributed by atoms with Crippen LogP contribution in [0.1, 0.15) is 11.1 Å². The quantitative estimate of drug-likeness (QED) is 0.745. The Kier molecular flexibility index (Phi) is 3.39. The van der Waals surface area contributed by atoms with Crippen molar-refractivity contribution >= 4 is 28.9 Å². The minimum Gasteiger partial charge on any atom is -0.342 e. The first kappa shape index (κ1) is 14.3. The van der Waals surface area contributed by atoms with Crippen molar-refractivity contribution in [2.75, 3.05) is 18.5 Å². The molecule has 20 heavy (non-hydrogen) atoms. The molecule has 1 fully saturated rings. The van der Waals surface area contributed by atoms with Gasteiger partial charge in [0.1, 0.15) is 0 Å². The van der Waals surface area contributed by atoms with Gasteiger partial charge in [-0.15, -0.1) is 0 Å². The summed E-state index contributed by atoms with van der Waals surface area (Å²) in [7, 11) is 1.58. The van der Waals surface area contributed by atoms with Crippen LogP contribution in [0, 0.1) is 11.3 Å². The van der Waals surface area contributed by atoms with Gasteiger partial charge in [0.25, 0.3) is 5.91 Å². The summed E-state index contributed by atoms with van der Waals surface area (Å²) in [5, 5.41) is 8.85. The molecule has 1 heterocycles. The topological polar surface area (TPSA) is 47.3 Å². The maximum atomic E-state index is 12.9. The van der Waals surface area contributed by atoms with Crippen LogP contribution in [0.4, 0.5) is 18.9 Å². The van der Waals surface area contributed by atoms with Crippen molar-refractivity contribution in [2.24, 2.45) is 0 Å². The van der Waals surface area contributed by atoms with E-state index in [1.807, 2.05) is 0 Å². The first-order chi connectivity index (χ1) is 9.25. The third-order valence-electron chi connectivity index (χ3n) is 2.83. The number of anilines is 1. The first-order valence-electron chi connectivity index (χ1n) is 5.45. The summed E-state index contributed by atoms with van der Waals surface area (Å²) in [4.78, 5) is 14.3. The number of carbonyl (C=O) groups excluding carboxylic acids is 1. The van der Waals surface area contributed by atoms with Crippen LogP contribution in [0.5, 0.6) is 0 Å². The molecule has 0 bridgehead atoms. The summed E-state index contributed by atoms with van der Waals surface area (Å²) >= 11 is 5.00. The number of hydrogen-bond donors (Lipinski definition) is 0. The van der Waals surface area contributed by atoms with E-state index in [2.05, 4.69) is 0 Å². The second-order valence-corrected chi connectivity index (χ2v) is 4.57. The molecule has 1 aromatic rings. The van der Waals surface area contributed by atoms with E-state index in [0.717, 1.165) is 17.0 Å². The number of alkyl halides is 3. The van der Waals surface area contributed by atoms with Gasteiger partial charge in [-0.25, -0.2) is 0 Å². The largest absolute Gasteiger partial charge is 0.417 e. The van der Waals surface area contributed by atoms with Gasteiger partial charge in [0.05, 0.1) is 29.4 Å². The average molecular weight is 299 g/mol. The third-order valence-corrected chi connectivity index (χ3v) is 3.32. The van der Waals surface area contributed by atoms with E-state index in [1.54, 1.807) is 7.05 Å². The molecule has 0 spiro atoms. The molecule has 0 aliphatic carbocycles. The number of rotatable bonds is 1. The lowest BCUT2D eigenvalue weighted by Gasteiger charge is -2.19. The molecular weight excluding hydrogens is 291 g/mol. The number of thiocarbonyl (C=S) groups is 1. The smallest absolute Gasteiger partial charge is 0.342 e. The second-order valence-electron chi connectivity index (χ2n) is 4.21. The van der Waals surface area contributed by atoms with Gasteiger partial charge in [0.2, 0.25) is 0 Å². The predicted molar refractivity (Wildman–Crippen MR) is 68.9 cm³/mol. The van der Waals surface area contributed by atoms with E-state index in [1.165, 1.54) is 17.0 Å². The van der Waals surface area contributed by atoms with E-state index in [0.29, 0.717) is 0 Å². The highest BCUT2D eigenvalue weighted by molar-refractivity contribution is 7.80. The first-order valence-corrected chi connectivity index (χ1v) is 5.86. The fourth-order valence-corrected chi connectivity index (χ4v) is 2.15. The van der Waals surface area contributed by atoms with Gasteiger partial charge in [0.15, 0.2) is 5.11 Å². The minimum absolute atomic E-state index is 0.00988. The van der Waals surface area contributed by atoms with Gasteiger partial charge in [-0.1, -0.05) is 0 Å². The van der Waals surface area contributed by atoms with Crippen molar-refractivity contribution in [2.45, 2.75) is 6.18 Å². The minimum atomic E-state index is -4.67. The van der Waals surface area contributed by atoms with Crippen LogP contribution in [-0.2, 0) is 11.0 Å². The zero-order valence-electron chi connectivity index (χ0n) is 10.2. The lowest BCUT2D eigenvalue weighted by Crippen LogP contribution is -2.31. The van der Waals surface area contributed by atoms with E-state index in [4.69, 9.17) is 17.5 Å². The average Bonchev–Trinajstić information content (AvgIpc) is 2.61. The Morgan fingerprint density at radius 1 is 1.40 bits per heavy atom. The lowest BCUT2D eigenvalue weighted by atomic mass is 10.1. The number of hydrogen-bond acceptors (Lipinski definition) is 3. The molecule has 1 saturated heterocycles. The van der Waals surface area contributed by atoms with Crippen LogP contribution in [0.2, 0.25) is 0 Å². The van der Waals surface area contributed by atoms with Gasteiger partial charge in [-0.2, -0.15) is 18.4 Å². The molecule has 2 rings (SSSR count). The molecule has 4 nitrogen and oxygen atoms in total. The van der Waals surface area contributed by atoms with Crippen molar-refractivity contribution in [3.63, 3.8) is 0 Å². The van der Waals surface area contributed by atoms with E-state index < -0.39 is 23.2 Å². The van der Waals surface area contributed by atoms with Crippen LogP contribution in [-0.4, -0.2) is 29.5 Å². The van der Waals surface area contributed by atoms with Gasteiger partial charge in [-0.3, -0.25) is 9.69 Å². The molecule has 0 radical (unpaired) electrons. The fraction of sp³-hybridized carbons (Fsp3) is 0.250. The van der Waals surface area contributed by atoms with Gasteiger partial charge < -0.3 is 4.90 Å². The Balaban J connectivity index is 2.53. The summed E-state index contributed by atoms with van der Waals surface area (Å²) in [6.07, 6.45) is -4.67. The SMILES string of the molecule is CN1CC(=O)N(c2ccc(C#N)c(C(F)(F)F)c2)C1=S.